The molecular weight excluding hydrogens is 550 g/mol. The third-order valence-electron chi connectivity index (χ3n) is 7.24. The lowest BCUT2D eigenvalue weighted by molar-refractivity contribution is -0.218. The number of carbonyl (C=O) groups excluding carboxylic acids is 1. The molecule has 0 radical (unpaired) electrons. The molecule has 9 heteroatoms. The Labute approximate surface area is 243 Å². The van der Waals surface area contributed by atoms with Crippen molar-refractivity contribution in [3.63, 3.8) is 0 Å². The van der Waals surface area contributed by atoms with Gasteiger partial charge in [0.2, 0.25) is 5.91 Å². The number of anilines is 1. The lowest BCUT2D eigenvalue weighted by Crippen LogP contribution is -2.54. The van der Waals surface area contributed by atoms with Crippen molar-refractivity contribution in [1.82, 2.24) is 0 Å². The van der Waals surface area contributed by atoms with E-state index in [-0.39, 0.29) is 11.8 Å². The third-order valence-corrected chi connectivity index (χ3v) is 8.77. The topological polar surface area (TPSA) is 108 Å². The summed E-state index contributed by atoms with van der Waals surface area (Å²) in [7, 11) is 0. The second kappa shape index (κ2) is 12.9. The van der Waals surface area contributed by atoms with Gasteiger partial charge in [0.05, 0.1) is 18.4 Å². The van der Waals surface area contributed by atoms with Gasteiger partial charge in [-0.3, -0.25) is 4.79 Å². The number of hydrogen-bond donors (Lipinski definition) is 4. The number of benzene rings is 3. The molecule has 212 valence electrons. The first-order chi connectivity index (χ1) is 19.3. The summed E-state index contributed by atoms with van der Waals surface area (Å²) in [6, 6.07) is 20.7. The minimum atomic E-state index is -1.39. The Morgan fingerprint density at radius 3 is 2.50 bits per heavy atom. The molecule has 5 rings (SSSR count). The molecule has 0 unspecified atom stereocenters. The number of amides is 1. The summed E-state index contributed by atoms with van der Waals surface area (Å²) in [6.45, 7) is 2.54. The number of aliphatic hydroxyl groups excluding tert-OH is 3. The predicted octanol–water partition coefficient (Wildman–Crippen LogP) is 4.99. The Hall–Kier alpha value is -2.59. The van der Waals surface area contributed by atoms with E-state index in [0.717, 1.165) is 34.6 Å². The van der Waals surface area contributed by atoms with E-state index in [4.69, 9.17) is 21.1 Å². The van der Waals surface area contributed by atoms with E-state index >= 15 is 0 Å². The highest BCUT2D eigenvalue weighted by Gasteiger charge is 2.44. The molecule has 2 aliphatic rings. The molecule has 7 nitrogen and oxygen atoms in total. The smallest absolute Gasteiger partial charge is 0.227 e. The van der Waals surface area contributed by atoms with E-state index in [1.165, 1.54) is 11.8 Å². The zero-order valence-electron chi connectivity index (χ0n) is 22.2. The van der Waals surface area contributed by atoms with Crippen molar-refractivity contribution >= 4 is 35.0 Å². The minimum absolute atomic E-state index is 0.0180. The van der Waals surface area contributed by atoms with Crippen LogP contribution >= 0.6 is 23.4 Å². The van der Waals surface area contributed by atoms with Crippen LogP contribution in [0.5, 0.6) is 5.75 Å². The van der Waals surface area contributed by atoms with Gasteiger partial charge < -0.3 is 30.1 Å². The van der Waals surface area contributed by atoms with Crippen molar-refractivity contribution in [2.24, 2.45) is 5.92 Å². The van der Waals surface area contributed by atoms with Crippen LogP contribution in [-0.4, -0.2) is 58.0 Å². The van der Waals surface area contributed by atoms with Gasteiger partial charge in [-0.25, -0.2) is 0 Å². The second-order valence-electron chi connectivity index (χ2n) is 10.2. The highest BCUT2D eigenvalue weighted by atomic mass is 35.5. The third kappa shape index (κ3) is 6.82. The van der Waals surface area contributed by atoms with E-state index in [1.807, 2.05) is 61.5 Å². The molecule has 2 fully saturated rings. The first-order valence-corrected chi connectivity index (χ1v) is 14.9. The largest absolute Gasteiger partial charge is 0.494 e. The van der Waals surface area contributed by atoms with E-state index < -0.39 is 30.5 Å². The van der Waals surface area contributed by atoms with Crippen LogP contribution in [0.3, 0.4) is 0 Å². The molecule has 5 atom stereocenters. The maximum Gasteiger partial charge on any atom is 0.227 e. The fourth-order valence-electron chi connectivity index (χ4n) is 4.81. The van der Waals surface area contributed by atoms with Crippen molar-refractivity contribution in [1.29, 1.82) is 0 Å². The molecule has 3 aromatic carbocycles. The van der Waals surface area contributed by atoms with Crippen LogP contribution in [0.2, 0.25) is 5.02 Å². The van der Waals surface area contributed by atoms with Gasteiger partial charge in [0.25, 0.3) is 0 Å². The Morgan fingerprint density at radius 1 is 1.02 bits per heavy atom. The first kappa shape index (κ1) is 28.9. The predicted molar refractivity (Wildman–Crippen MR) is 156 cm³/mol. The molecule has 1 aliphatic carbocycles. The average Bonchev–Trinajstić information content (AvgIpc) is 3.81. The summed E-state index contributed by atoms with van der Waals surface area (Å²) < 4.78 is 11.7. The first-order valence-electron chi connectivity index (χ1n) is 13.6. The summed E-state index contributed by atoms with van der Waals surface area (Å²) in [5.41, 5.74) is 3.27. The number of rotatable bonds is 10. The van der Waals surface area contributed by atoms with Crippen molar-refractivity contribution in [2.75, 3.05) is 17.7 Å². The molecular formula is C31H34ClNO6S. The molecule has 0 bridgehead atoms. The number of ether oxygens (including phenoxy) is 2. The number of nitrogens with one attached hydrogen (secondary N) is 1. The number of thioether (sulfide) groups is 1. The number of para-hydroxylation sites is 1. The SMILES string of the molecule is CCOc1ccc(Cc2cc([C@@H]3O[C@H](CSc4ccccc4NC(=O)C4CC4)[C@@H](O)[C@H](O)[C@H]3O)ccc2Cl)cc1. The fraction of sp³-hybridized carbons (Fsp3) is 0.387. The number of halogens is 1. The maximum absolute atomic E-state index is 12.3. The summed E-state index contributed by atoms with van der Waals surface area (Å²) in [5.74, 6) is 1.21. The lowest BCUT2D eigenvalue weighted by atomic mass is 9.90. The van der Waals surface area contributed by atoms with E-state index in [2.05, 4.69) is 5.32 Å². The van der Waals surface area contributed by atoms with E-state index in [1.54, 1.807) is 12.1 Å². The summed E-state index contributed by atoms with van der Waals surface area (Å²) in [4.78, 5) is 13.2. The summed E-state index contributed by atoms with van der Waals surface area (Å²) >= 11 is 7.94. The number of hydrogen-bond acceptors (Lipinski definition) is 7. The Bertz CT molecular complexity index is 1320. The van der Waals surface area contributed by atoms with Crippen molar-refractivity contribution in [3.05, 3.63) is 88.4 Å². The van der Waals surface area contributed by atoms with Gasteiger partial charge in [0.1, 0.15) is 30.2 Å². The highest BCUT2D eigenvalue weighted by molar-refractivity contribution is 7.99. The zero-order chi connectivity index (χ0) is 28.2. The maximum atomic E-state index is 12.3. The van der Waals surface area contributed by atoms with Gasteiger partial charge in [0, 0.05) is 21.6 Å². The molecule has 0 aromatic heterocycles. The van der Waals surface area contributed by atoms with Crippen molar-refractivity contribution < 1.29 is 29.6 Å². The van der Waals surface area contributed by atoms with Gasteiger partial charge in [-0.1, -0.05) is 48.0 Å². The Kier molecular flexibility index (Phi) is 9.35. The molecule has 4 N–H and O–H groups in total. The van der Waals surface area contributed by atoms with Crippen LogP contribution in [-0.2, 0) is 16.0 Å². The zero-order valence-corrected chi connectivity index (χ0v) is 23.8. The van der Waals surface area contributed by atoms with Crippen molar-refractivity contribution in [2.45, 2.75) is 61.6 Å². The van der Waals surface area contributed by atoms with Gasteiger partial charge in [0.15, 0.2) is 0 Å². The van der Waals surface area contributed by atoms with Crippen LogP contribution < -0.4 is 10.1 Å². The fourth-order valence-corrected chi connectivity index (χ4v) is 6.06. The molecule has 1 amide bonds. The average molecular weight is 584 g/mol. The normalized spacial score (nSPS) is 24.5. The minimum Gasteiger partial charge on any atom is -0.494 e. The van der Waals surface area contributed by atoms with Crippen LogP contribution in [0.15, 0.2) is 71.6 Å². The molecule has 40 heavy (non-hydrogen) atoms. The van der Waals surface area contributed by atoms with Gasteiger partial charge >= 0.3 is 0 Å². The molecule has 1 aliphatic heterocycles. The Morgan fingerprint density at radius 2 is 1.77 bits per heavy atom. The van der Waals surface area contributed by atoms with Crippen LogP contribution in [0.4, 0.5) is 5.69 Å². The summed E-state index contributed by atoms with van der Waals surface area (Å²) in [5, 5.41) is 35.9. The van der Waals surface area contributed by atoms with Crippen molar-refractivity contribution in [3.8, 4) is 5.75 Å². The highest BCUT2D eigenvalue weighted by Crippen LogP contribution is 2.38. The quantitative estimate of drug-likeness (QED) is 0.249. The van der Waals surface area contributed by atoms with Crippen LogP contribution in [0.1, 0.15) is 42.6 Å². The van der Waals surface area contributed by atoms with Gasteiger partial charge in [-0.2, -0.15) is 0 Å². The molecule has 3 aromatic rings. The standard InChI is InChI=1S/C31H34ClNO6S/c1-2-38-22-12-7-18(8-13-22)15-21-16-20(11-14-23(21)32)30-29(36)28(35)27(34)25(39-30)17-40-26-6-4-3-5-24(26)33-31(37)19-9-10-19/h3-8,11-14,16,19,25,27-30,34-36H,2,9-10,15,17H2,1H3,(H,33,37)/t25-,27-,28+,29-,30+/m1/s1. The van der Waals surface area contributed by atoms with Gasteiger partial charge in [-0.15, -0.1) is 11.8 Å². The van der Waals surface area contributed by atoms with Crippen LogP contribution in [0.25, 0.3) is 0 Å². The Balaban J connectivity index is 1.30. The molecule has 1 heterocycles. The number of carbonyl (C=O) groups is 1. The van der Waals surface area contributed by atoms with Gasteiger partial charge in [-0.05, 0) is 73.2 Å². The molecule has 0 spiro atoms. The lowest BCUT2D eigenvalue weighted by Gasteiger charge is -2.41. The molecule has 1 saturated heterocycles. The monoisotopic (exact) mass is 583 g/mol. The second-order valence-corrected chi connectivity index (χ2v) is 11.7. The number of aliphatic hydroxyl groups is 3. The van der Waals surface area contributed by atoms with E-state index in [0.29, 0.717) is 35.1 Å². The summed E-state index contributed by atoms with van der Waals surface area (Å²) in [6.07, 6.45) is -3.20. The molecule has 1 saturated carbocycles. The van der Waals surface area contributed by atoms with Crippen LogP contribution in [0, 0.1) is 5.92 Å². The van der Waals surface area contributed by atoms with E-state index in [9.17, 15) is 20.1 Å².